The molecule has 128 valence electrons. The lowest BCUT2D eigenvalue weighted by molar-refractivity contribution is 0.0996. The highest BCUT2D eigenvalue weighted by Crippen LogP contribution is 2.40. The monoisotopic (exact) mass is 410 g/mol. The van der Waals surface area contributed by atoms with Gasteiger partial charge in [-0.1, -0.05) is 19.8 Å². The molecule has 2 amide bonds. The van der Waals surface area contributed by atoms with Gasteiger partial charge < -0.3 is 15.5 Å². The van der Waals surface area contributed by atoms with Crippen molar-refractivity contribution in [2.45, 2.75) is 39.0 Å². The molecule has 1 aliphatic carbocycles. The first-order chi connectivity index (χ1) is 11.5. The number of thiophene rings is 1. The molecule has 0 spiro atoms. The fourth-order valence-corrected chi connectivity index (χ4v) is 4.93. The summed E-state index contributed by atoms with van der Waals surface area (Å²) in [6.45, 7) is 2.19. The maximum Gasteiger partial charge on any atom is 0.292 e. The molecule has 3 N–H and O–H groups in total. The van der Waals surface area contributed by atoms with Gasteiger partial charge in [0.1, 0.15) is 5.00 Å². The van der Waals surface area contributed by atoms with Crippen molar-refractivity contribution in [3.8, 4) is 0 Å². The van der Waals surface area contributed by atoms with Gasteiger partial charge in [0.25, 0.3) is 11.8 Å². The number of halogens is 1. The van der Waals surface area contributed by atoms with Gasteiger partial charge in [-0.2, -0.15) is 0 Å². The lowest BCUT2D eigenvalue weighted by Gasteiger charge is -2.21. The molecule has 5 nitrogen and oxygen atoms in total. The molecule has 0 fully saturated rings. The zero-order valence-electron chi connectivity index (χ0n) is 13.4. The van der Waals surface area contributed by atoms with E-state index >= 15 is 0 Å². The van der Waals surface area contributed by atoms with Crippen molar-refractivity contribution in [2.75, 3.05) is 5.32 Å². The quantitative estimate of drug-likeness (QED) is 0.767. The van der Waals surface area contributed by atoms with E-state index in [0.717, 1.165) is 31.2 Å². The number of carbonyl (C=O) groups excluding carboxylic acids is 2. The van der Waals surface area contributed by atoms with E-state index in [4.69, 9.17) is 10.2 Å². The third-order valence-corrected chi connectivity index (χ3v) is 5.93. The largest absolute Gasteiger partial charge is 0.444 e. The van der Waals surface area contributed by atoms with Gasteiger partial charge in [-0.25, -0.2) is 0 Å². The highest BCUT2D eigenvalue weighted by molar-refractivity contribution is 9.10. The van der Waals surface area contributed by atoms with Gasteiger partial charge in [0.15, 0.2) is 10.4 Å². The highest BCUT2D eigenvalue weighted by Gasteiger charge is 2.28. The molecule has 1 atom stereocenters. The Bertz CT molecular complexity index is 781. The Morgan fingerprint density at radius 2 is 2.25 bits per heavy atom. The summed E-state index contributed by atoms with van der Waals surface area (Å²) in [5, 5.41) is 3.32. The van der Waals surface area contributed by atoms with Crippen LogP contribution in [0.3, 0.4) is 0 Å². The maximum atomic E-state index is 12.3. The van der Waals surface area contributed by atoms with E-state index in [1.165, 1.54) is 22.6 Å². The first-order valence-corrected chi connectivity index (χ1v) is 9.61. The van der Waals surface area contributed by atoms with Crippen LogP contribution in [-0.4, -0.2) is 11.8 Å². The molecule has 0 saturated carbocycles. The lowest BCUT2D eigenvalue weighted by Crippen LogP contribution is -2.19. The maximum absolute atomic E-state index is 12.3. The van der Waals surface area contributed by atoms with Gasteiger partial charge in [0.2, 0.25) is 0 Å². The summed E-state index contributed by atoms with van der Waals surface area (Å²) in [6, 6.07) is 3.23. The predicted molar refractivity (Wildman–Crippen MR) is 97.6 cm³/mol. The number of nitrogens with one attached hydrogen (secondary N) is 1. The van der Waals surface area contributed by atoms with Crippen molar-refractivity contribution >= 4 is 44.1 Å². The van der Waals surface area contributed by atoms with Crippen molar-refractivity contribution < 1.29 is 14.0 Å². The Labute approximate surface area is 152 Å². The summed E-state index contributed by atoms with van der Waals surface area (Å²) in [4.78, 5) is 25.4. The molecule has 2 aromatic heterocycles. The van der Waals surface area contributed by atoms with E-state index in [1.807, 2.05) is 0 Å². The average Bonchev–Trinajstić information content (AvgIpc) is 3.10. The van der Waals surface area contributed by atoms with Crippen LogP contribution in [0.2, 0.25) is 0 Å². The number of nitrogens with two attached hydrogens (primary N) is 1. The number of hydrogen-bond donors (Lipinski definition) is 2. The van der Waals surface area contributed by atoms with Gasteiger partial charge in [0, 0.05) is 4.88 Å². The number of anilines is 1. The van der Waals surface area contributed by atoms with Crippen molar-refractivity contribution in [2.24, 2.45) is 11.7 Å². The minimum atomic E-state index is -0.489. The van der Waals surface area contributed by atoms with Gasteiger partial charge >= 0.3 is 0 Å². The van der Waals surface area contributed by atoms with Crippen LogP contribution >= 0.6 is 27.3 Å². The molecule has 24 heavy (non-hydrogen) atoms. The molecule has 0 saturated heterocycles. The van der Waals surface area contributed by atoms with Crippen molar-refractivity contribution in [1.82, 2.24) is 0 Å². The third kappa shape index (κ3) is 3.42. The number of rotatable bonds is 5. The second kappa shape index (κ2) is 7.11. The number of hydrogen-bond acceptors (Lipinski definition) is 4. The first kappa shape index (κ1) is 17.2. The van der Waals surface area contributed by atoms with Crippen LogP contribution in [-0.2, 0) is 12.8 Å². The lowest BCUT2D eigenvalue weighted by atomic mass is 9.84. The standard InChI is InChI=1S/C17H19BrN2O3S/c1-2-3-9-4-5-10-12(8-9)24-17(14(10)15(19)21)20-16(22)11-6-7-13(18)23-11/h6-7,9H,2-5,8H2,1H3,(H2,19,21)(H,20,22). The van der Waals surface area contributed by atoms with E-state index < -0.39 is 5.91 Å². The number of carbonyl (C=O) groups is 2. The van der Waals surface area contributed by atoms with E-state index in [1.54, 1.807) is 12.1 Å². The summed E-state index contributed by atoms with van der Waals surface area (Å²) in [7, 11) is 0. The SMILES string of the molecule is CCCC1CCc2c(sc(NC(=O)c3ccc(Br)o3)c2C(N)=O)C1. The first-order valence-electron chi connectivity index (χ1n) is 8.00. The third-order valence-electron chi connectivity index (χ3n) is 4.33. The van der Waals surface area contributed by atoms with Gasteiger partial charge in [-0.05, 0) is 58.8 Å². The van der Waals surface area contributed by atoms with E-state index in [2.05, 4.69) is 28.2 Å². The van der Waals surface area contributed by atoms with Crippen LogP contribution in [0.4, 0.5) is 5.00 Å². The molecule has 3 rings (SSSR count). The Morgan fingerprint density at radius 1 is 1.46 bits per heavy atom. The smallest absolute Gasteiger partial charge is 0.292 e. The fraction of sp³-hybridized carbons (Fsp3) is 0.412. The van der Waals surface area contributed by atoms with Crippen LogP contribution in [0.5, 0.6) is 0 Å². The minimum absolute atomic E-state index is 0.188. The van der Waals surface area contributed by atoms with Crippen LogP contribution < -0.4 is 11.1 Å². The molecule has 0 bridgehead atoms. The fourth-order valence-electron chi connectivity index (χ4n) is 3.26. The van der Waals surface area contributed by atoms with E-state index in [9.17, 15) is 9.59 Å². The molecule has 0 aliphatic heterocycles. The van der Waals surface area contributed by atoms with Crippen LogP contribution in [0, 0.1) is 5.92 Å². The van der Waals surface area contributed by atoms with Crippen molar-refractivity contribution in [3.05, 3.63) is 38.6 Å². The molecule has 2 heterocycles. The molecule has 2 aromatic rings. The van der Waals surface area contributed by atoms with E-state index in [0.29, 0.717) is 21.2 Å². The van der Waals surface area contributed by atoms with Gasteiger partial charge in [0.05, 0.1) is 5.56 Å². The Morgan fingerprint density at radius 3 is 2.88 bits per heavy atom. The zero-order valence-corrected chi connectivity index (χ0v) is 15.8. The Kier molecular flexibility index (Phi) is 5.10. The molecule has 1 unspecified atom stereocenters. The topological polar surface area (TPSA) is 85.3 Å². The number of furan rings is 1. The van der Waals surface area contributed by atoms with Crippen LogP contribution in [0.1, 0.15) is 57.5 Å². The zero-order chi connectivity index (χ0) is 17.3. The Hall–Kier alpha value is -1.60. The summed E-state index contributed by atoms with van der Waals surface area (Å²) in [5.41, 5.74) is 7.05. The second-order valence-electron chi connectivity index (χ2n) is 6.03. The molecular formula is C17H19BrN2O3S. The minimum Gasteiger partial charge on any atom is -0.444 e. The van der Waals surface area contributed by atoms with Gasteiger partial charge in [-0.15, -0.1) is 11.3 Å². The Balaban J connectivity index is 1.88. The molecule has 0 aromatic carbocycles. The highest BCUT2D eigenvalue weighted by atomic mass is 79.9. The number of fused-ring (bicyclic) bond motifs is 1. The molecule has 1 aliphatic rings. The number of primary amides is 1. The molecule has 7 heteroatoms. The molecular weight excluding hydrogens is 392 g/mol. The summed E-state index contributed by atoms with van der Waals surface area (Å²) >= 11 is 4.64. The van der Waals surface area contributed by atoms with Crippen LogP contribution in [0.25, 0.3) is 0 Å². The average molecular weight is 411 g/mol. The van der Waals surface area contributed by atoms with Crippen molar-refractivity contribution in [1.29, 1.82) is 0 Å². The molecule has 0 radical (unpaired) electrons. The van der Waals surface area contributed by atoms with Gasteiger partial charge in [-0.3, -0.25) is 9.59 Å². The summed E-state index contributed by atoms with van der Waals surface area (Å²) < 4.78 is 5.74. The summed E-state index contributed by atoms with van der Waals surface area (Å²) in [5.74, 6) is -0.0387. The summed E-state index contributed by atoms with van der Waals surface area (Å²) in [6.07, 6.45) is 5.21. The van der Waals surface area contributed by atoms with Crippen LogP contribution in [0.15, 0.2) is 21.2 Å². The number of amides is 2. The normalized spacial score (nSPS) is 16.7. The van der Waals surface area contributed by atoms with Crippen molar-refractivity contribution in [3.63, 3.8) is 0 Å². The second-order valence-corrected chi connectivity index (χ2v) is 7.91. The predicted octanol–water partition coefficient (Wildman–Crippen LogP) is 4.36. The van der Waals surface area contributed by atoms with E-state index in [-0.39, 0.29) is 11.7 Å².